The van der Waals surface area contributed by atoms with E-state index in [1.165, 1.54) is 0 Å². The van der Waals surface area contributed by atoms with E-state index in [9.17, 15) is 4.79 Å². The Bertz CT molecular complexity index is 125. The second kappa shape index (κ2) is 7.06. The quantitative estimate of drug-likeness (QED) is 0.393. The Kier molecular flexibility index (Phi) is 6.70. The van der Waals surface area contributed by atoms with Gasteiger partial charge < -0.3 is 15.5 Å². The molecule has 3 N–H and O–H groups in total. The van der Waals surface area contributed by atoms with Crippen molar-refractivity contribution in [2.45, 2.75) is 38.9 Å². The summed E-state index contributed by atoms with van der Waals surface area (Å²) in [5, 5.41) is 19.2. The topological polar surface area (TPSA) is 69.6 Å². The molecule has 4 nitrogen and oxygen atoms in total. The van der Waals surface area contributed by atoms with E-state index >= 15 is 0 Å². The van der Waals surface area contributed by atoms with E-state index < -0.39 is 6.29 Å². The van der Waals surface area contributed by atoms with Gasteiger partial charge in [0, 0.05) is 6.42 Å². The zero-order valence-electron chi connectivity index (χ0n) is 7.42. The van der Waals surface area contributed by atoms with Crippen LogP contribution >= 0.6 is 0 Å². The summed E-state index contributed by atoms with van der Waals surface area (Å²) in [4.78, 5) is 10.9. The maximum Gasteiger partial charge on any atom is 0.220 e. The molecule has 1 amide bonds. The van der Waals surface area contributed by atoms with E-state index in [4.69, 9.17) is 10.2 Å². The number of aliphatic hydroxyl groups is 2. The zero-order chi connectivity index (χ0) is 9.40. The normalized spacial score (nSPS) is 10.3. The maximum atomic E-state index is 10.9. The molecule has 12 heavy (non-hydrogen) atoms. The fourth-order valence-corrected chi connectivity index (χ4v) is 0.829. The molecule has 0 unspecified atom stereocenters. The van der Waals surface area contributed by atoms with Crippen LogP contribution < -0.4 is 5.32 Å². The Morgan fingerprint density at radius 3 is 2.58 bits per heavy atom. The Balaban J connectivity index is 3.22. The first-order valence-corrected chi connectivity index (χ1v) is 4.29. The van der Waals surface area contributed by atoms with Gasteiger partial charge in [-0.1, -0.05) is 19.8 Å². The molecule has 0 aromatic rings. The lowest BCUT2D eigenvalue weighted by Crippen LogP contribution is -2.31. The van der Waals surface area contributed by atoms with Gasteiger partial charge in [-0.3, -0.25) is 4.79 Å². The van der Waals surface area contributed by atoms with Gasteiger partial charge in [0.05, 0.1) is 6.54 Å². The second-order valence-corrected chi connectivity index (χ2v) is 2.74. The molecule has 72 valence electrons. The molecular formula is C8H17NO3. The molecule has 4 heteroatoms. The van der Waals surface area contributed by atoms with Gasteiger partial charge in [0.15, 0.2) is 6.29 Å². The zero-order valence-corrected chi connectivity index (χ0v) is 7.42. The summed E-state index contributed by atoms with van der Waals surface area (Å²) < 4.78 is 0. The predicted octanol–water partition coefficient (Wildman–Crippen LogP) is -0.00640. The smallest absolute Gasteiger partial charge is 0.220 e. The number of unbranched alkanes of at least 4 members (excludes halogenated alkanes) is 2. The van der Waals surface area contributed by atoms with Gasteiger partial charge in [0.25, 0.3) is 0 Å². The molecule has 0 saturated carbocycles. The van der Waals surface area contributed by atoms with Gasteiger partial charge in [-0.15, -0.1) is 0 Å². The number of hydrogen-bond acceptors (Lipinski definition) is 3. The lowest BCUT2D eigenvalue weighted by Gasteiger charge is -2.05. The molecule has 0 saturated heterocycles. The molecule has 0 atom stereocenters. The van der Waals surface area contributed by atoms with Crippen LogP contribution in [0, 0.1) is 0 Å². The van der Waals surface area contributed by atoms with Crippen LogP contribution in [0.2, 0.25) is 0 Å². The monoisotopic (exact) mass is 175 g/mol. The van der Waals surface area contributed by atoms with Crippen molar-refractivity contribution in [1.29, 1.82) is 0 Å². The molecule has 0 rings (SSSR count). The highest BCUT2D eigenvalue weighted by atomic mass is 16.5. The van der Waals surface area contributed by atoms with E-state index in [1.807, 2.05) is 0 Å². The molecule has 0 aliphatic carbocycles. The molecule has 0 aromatic carbocycles. The molecule has 0 aliphatic rings. The van der Waals surface area contributed by atoms with Crippen LogP contribution in [0.15, 0.2) is 0 Å². The highest BCUT2D eigenvalue weighted by Crippen LogP contribution is 1.97. The summed E-state index contributed by atoms with van der Waals surface area (Å²) in [6, 6.07) is 0. The van der Waals surface area contributed by atoms with Crippen LogP contribution in [0.25, 0.3) is 0 Å². The predicted molar refractivity (Wildman–Crippen MR) is 45.4 cm³/mol. The molecular weight excluding hydrogens is 158 g/mol. The van der Waals surface area contributed by atoms with Crippen LogP contribution in [0.4, 0.5) is 0 Å². The largest absolute Gasteiger partial charge is 0.367 e. The van der Waals surface area contributed by atoms with E-state index in [2.05, 4.69) is 12.2 Å². The van der Waals surface area contributed by atoms with Gasteiger partial charge in [-0.2, -0.15) is 0 Å². The lowest BCUT2D eigenvalue weighted by atomic mass is 10.2. The van der Waals surface area contributed by atoms with Gasteiger partial charge in [0.1, 0.15) is 0 Å². The fraction of sp³-hybridized carbons (Fsp3) is 0.875. The number of nitrogens with one attached hydrogen (secondary N) is 1. The summed E-state index contributed by atoms with van der Waals surface area (Å²) in [6.07, 6.45) is 2.01. The van der Waals surface area contributed by atoms with Crippen LogP contribution in [0.5, 0.6) is 0 Å². The molecule has 0 radical (unpaired) electrons. The van der Waals surface area contributed by atoms with Crippen LogP contribution in [-0.2, 0) is 4.79 Å². The highest BCUT2D eigenvalue weighted by molar-refractivity contribution is 5.75. The summed E-state index contributed by atoms with van der Waals surface area (Å²) in [6.45, 7) is 1.99. The Labute approximate surface area is 72.6 Å². The summed E-state index contributed by atoms with van der Waals surface area (Å²) in [7, 11) is 0. The Hall–Kier alpha value is -0.610. The lowest BCUT2D eigenvalue weighted by molar-refractivity contribution is -0.123. The minimum atomic E-state index is -1.44. The van der Waals surface area contributed by atoms with Crippen molar-refractivity contribution in [3.8, 4) is 0 Å². The van der Waals surface area contributed by atoms with Gasteiger partial charge in [-0.25, -0.2) is 0 Å². The average molecular weight is 175 g/mol. The second-order valence-electron chi connectivity index (χ2n) is 2.74. The third kappa shape index (κ3) is 7.50. The Morgan fingerprint density at radius 1 is 1.42 bits per heavy atom. The van der Waals surface area contributed by atoms with Crippen molar-refractivity contribution >= 4 is 5.91 Å². The van der Waals surface area contributed by atoms with Gasteiger partial charge >= 0.3 is 0 Å². The van der Waals surface area contributed by atoms with Crippen LogP contribution in [0.1, 0.15) is 32.6 Å². The van der Waals surface area contributed by atoms with Crippen molar-refractivity contribution in [2.24, 2.45) is 0 Å². The standard InChI is InChI=1S/C8H17NO3/c1-2-3-4-5-7(10)9-6-8(11)12/h8,11-12H,2-6H2,1H3,(H,9,10). The van der Waals surface area contributed by atoms with Crippen molar-refractivity contribution in [3.05, 3.63) is 0 Å². The van der Waals surface area contributed by atoms with Crippen LogP contribution in [0.3, 0.4) is 0 Å². The molecule has 0 heterocycles. The molecule has 0 aromatic heterocycles. The van der Waals surface area contributed by atoms with Gasteiger partial charge in [-0.05, 0) is 6.42 Å². The molecule has 0 spiro atoms. The van der Waals surface area contributed by atoms with Crippen molar-refractivity contribution in [3.63, 3.8) is 0 Å². The summed E-state index contributed by atoms with van der Waals surface area (Å²) in [5.41, 5.74) is 0. The van der Waals surface area contributed by atoms with E-state index in [1.54, 1.807) is 0 Å². The van der Waals surface area contributed by atoms with Crippen LogP contribution in [-0.4, -0.2) is 29.0 Å². The first kappa shape index (κ1) is 11.4. The number of amides is 1. The SMILES string of the molecule is CCCCCC(=O)NCC(O)O. The average Bonchev–Trinajstić information content (AvgIpc) is 2.01. The molecule has 0 bridgehead atoms. The van der Waals surface area contributed by atoms with E-state index in [0.717, 1.165) is 19.3 Å². The van der Waals surface area contributed by atoms with Crippen molar-refractivity contribution < 1.29 is 15.0 Å². The first-order valence-electron chi connectivity index (χ1n) is 4.29. The summed E-state index contributed by atoms with van der Waals surface area (Å²) in [5.74, 6) is -0.114. The maximum absolute atomic E-state index is 10.9. The number of carbonyl (C=O) groups excluding carboxylic acids is 1. The van der Waals surface area contributed by atoms with Crippen molar-refractivity contribution in [2.75, 3.05) is 6.54 Å². The third-order valence-electron chi connectivity index (χ3n) is 1.49. The number of carbonyl (C=O) groups is 1. The van der Waals surface area contributed by atoms with Crippen molar-refractivity contribution in [1.82, 2.24) is 5.32 Å². The third-order valence-corrected chi connectivity index (χ3v) is 1.49. The molecule has 0 fully saturated rings. The number of aliphatic hydroxyl groups excluding tert-OH is 1. The Morgan fingerprint density at radius 2 is 2.08 bits per heavy atom. The van der Waals surface area contributed by atoms with E-state index in [0.29, 0.717) is 6.42 Å². The van der Waals surface area contributed by atoms with E-state index in [-0.39, 0.29) is 12.5 Å². The summed E-state index contributed by atoms with van der Waals surface area (Å²) >= 11 is 0. The minimum Gasteiger partial charge on any atom is -0.367 e. The highest BCUT2D eigenvalue weighted by Gasteiger charge is 2.02. The minimum absolute atomic E-state index is 0.0784. The number of rotatable bonds is 6. The first-order chi connectivity index (χ1) is 5.66. The molecule has 0 aliphatic heterocycles. The fourth-order valence-electron chi connectivity index (χ4n) is 0.829. The van der Waals surface area contributed by atoms with Gasteiger partial charge in [0.2, 0.25) is 5.91 Å². The number of hydrogen-bond donors (Lipinski definition) is 3.